The zero-order valence-electron chi connectivity index (χ0n) is 11.2. The fraction of sp³-hybridized carbons (Fsp3) is 0.133. The summed E-state index contributed by atoms with van der Waals surface area (Å²) in [5.74, 6) is 0.652. The Bertz CT molecular complexity index is 795. The van der Waals surface area contributed by atoms with Crippen molar-refractivity contribution < 1.29 is 9.13 Å². The molecule has 0 bridgehead atoms. The van der Waals surface area contributed by atoms with Crippen molar-refractivity contribution in [1.29, 1.82) is 0 Å². The second-order valence-electron chi connectivity index (χ2n) is 4.61. The summed E-state index contributed by atoms with van der Waals surface area (Å²) < 4.78 is 20.4. The number of imidazole rings is 1. The number of ether oxygens (including phenoxy) is 1. The molecule has 0 atom stereocenters. The van der Waals surface area contributed by atoms with Crippen molar-refractivity contribution in [2.24, 2.45) is 0 Å². The zero-order valence-corrected chi connectivity index (χ0v) is 11.2. The number of rotatable bonds is 2. The standard InChI is InChI=1S/C15H14FN3O/c1-9-3-6-14(20-2)13(7-9)19-12-5-4-10(16)8-11(12)18-15(19)17/h3-8H,1-2H3,(H2,17,18). The van der Waals surface area contributed by atoms with Gasteiger partial charge in [0.2, 0.25) is 5.95 Å². The molecule has 0 saturated carbocycles. The zero-order chi connectivity index (χ0) is 14.3. The lowest BCUT2D eigenvalue weighted by Gasteiger charge is -2.12. The molecule has 4 nitrogen and oxygen atoms in total. The number of methoxy groups -OCH3 is 1. The molecule has 0 spiro atoms. The van der Waals surface area contributed by atoms with Gasteiger partial charge in [-0.2, -0.15) is 0 Å². The monoisotopic (exact) mass is 271 g/mol. The van der Waals surface area contributed by atoms with Crippen molar-refractivity contribution in [3.05, 3.63) is 47.8 Å². The lowest BCUT2D eigenvalue weighted by atomic mass is 10.2. The van der Waals surface area contributed by atoms with Crippen LogP contribution in [0.4, 0.5) is 10.3 Å². The Balaban J connectivity index is 2.34. The number of nitrogens with zero attached hydrogens (tertiary/aromatic N) is 2. The first-order valence-corrected chi connectivity index (χ1v) is 6.18. The van der Waals surface area contributed by atoms with Crippen LogP contribution in [0, 0.1) is 12.7 Å². The molecule has 0 saturated heterocycles. The van der Waals surface area contributed by atoms with E-state index in [4.69, 9.17) is 10.5 Å². The number of aryl methyl sites for hydroxylation is 1. The van der Waals surface area contributed by atoms with Gasteiger partial charge in [-0.3, -0.25) is 4.57 Å². The van der Waals surface area contributed by atoms with Gasteiger partial charge < -0.3 is 10.5 Å². The summed E-state index contributed by atoms with van der Waals surface area (Å²) in [4.78, 5) is 4.20. The van der Waals surface area contributed by atoms with Gasteiger partial charge in [0, 0.05) is 6.07 Å². The Morgan fingerprint density at radius 3 is 2.75 bits per heavy atom. The third-order valence-corrected chi connectivity index (χ3v) is 3.22. The van der Waals surface area contributed by atoms with Crippen molar-refractivity contribution in [2.45, 2.75) is 6.92 Å². The van der Waals surface area contributed by atoms with Crippen LogP contribution in [-0.2, 0) is 0 Å². The van der Waals surface area contributed by atoms with Crippen LogP contribution < -0.4 is 10.5 Å². The molecular formula is C15H14FN3O. The fourth-order valence-electron chi connectivity index (χ4n) is 2.30. The second kappa shape index (κ2) is 4.52. The van der Waals surface area contributed by atoms with Crippen molar-refractivity contribution in [2.75, 3.05) is 12.8 Å². The van der Waals surface area contributed by atoms with E-state index in [1.54, 1.807) is 17.7 Å². The van der Waals surface area contributed by atoms with E-state index in [0.717, 1.165) is 16.8 Å². The first-order chi connectivity index (χ1) is 9.60. The number of halogens is 1. The number of nitrogen functional groups attached to an aromatic ring is 1. The lowest BCUT2D eigenvalue weighted by molar-refractivity contribution is 0.413. The minimum Gasteiger partial charge on any atom is -0.495 e. The molecule has 0 unspecified atom stereocenters. The van der Waals surface area contributed by atoms with Crippen LogP contribution >= 0.6 is 0 Å². The fourth-order valence-corrected chi connectivity index (χ4v) is 2.30. The van der Waals surface area contributed by atoms with Crippen LogP contribution in [0.3, 0.4) is 0 Å². The molecule has 5 heteroatoms. The molecule has 20 heavy (non-hydrogen) atoms. The summed E-state index contributed by atoms with van der Waals surface area (Å²) in [6, 6.07) is 10.2. The Labute approximate surface area is 115 Å². The molecule has 0 aliphatic heterocycles. The third-order valence-electron chi connectivity index (χ3n) is 3.22. The maximum atomic E-state index is 13.3. The molecular weight excluding hydrogens is 257 g/mol. The van der Waals surface area contributed by atoms with Gasteiger partial charge in [-0.25, -0.2) is 9.37 Å². The van der Waals surface area contributed by atoms with E-state index >= 15 is 0 Å². The van der Waals surface area contributed by atoms with Crippen LogP contribution in [-0.4, -0.2) is 16.7 Å². The molecule has 0 fully saturated rings. The highest BCUT2D eigenvalue weighted by molar-refractivity contribution is 5.81. The molecule has 1 heterocycles. The van der Waals surface area contributed by atoms with Gasteiger partial charge in [-0.15, -0.1) is 0 Å². The second-order valence-corrected chi connectivity index (χ2v) is 4.61. The summed E-state index contributed by atoms with van der Waals surface area (Å²) >= 11 is 0. The maximum absolute atomic E-state index is 13.3. The highest BCUT2D eigenvalue weighted by Gasteiger charge is 2.14. The summed E-state index contributed by atoms with van der Waals surface area (Å²) in [6.07, 6.45) is 0. The summed E-state index contributed by atoms with van der Waals surface area (Å²) in [6.45, 7) is 1.98. The normalized spacial score (nSPS) is 10.9. The highest BCUT2D eigenvalue weighted by atomic mass is 19.1. The van der Waals surface area contributed by atoms with Gasteiger partial charge >= 0.3 is 0 Å². The Morgan fingerprint density at radius 1 is 1.20 bits per heavy atom. The molecule has 2 N–H and O–H groups in total. The molecule has 0 aliphatic rings. The molecule has 0 radical (unpaired) electrons. The van der Waals surface area contributed by atoms with Crippen LogP contribution in [0.2, 0.25) is 0 Å². The number of anilines is 1. The number of fused-ring (bicyclic) bond motifs is 1. The SMILES string of the molecule is COc1ccc(C)cc1-n1c(N)nc2cc(F)ccc21. The van der Waals surface area contributed by atoms with Gasteiger partial charge in [0.1, 0.15) is 11.6 Å². The van der Waals surface area contributed by atoms with Gasteiger partial charge in [0.25, 0.3) is 0 Å². The molecule has 1 aromatic heterocycles. The highest BCUT2D eigenvalue weighted by Crippen LogP contribution is 2.30. The van der Waals surface area contributed by atoms with E-state index in [-0.39, 0.29) is 5.82 Å². The largest absolute Gasteiger partial charge is 0.495 e. The van der Waals surface area contributed by atoms with E-state index in [0.29, 0.717) is 17.2 Å². The van der Waals surface area contributed by atoms with E-state index in [2.05, 4.69) is 4.98 Å². The van der Waals surface area contributed by atoms with E-state index < -0.39 is 0 Å². The molecule has 3 aromatic rings. The van der Waals surface area contributed by atoms with Gasteiger partial charge in [-0.1, -0.05) is 6.07 Å². The van der Waals surface area contributed by atoms with E-state index in [1.807, 2.05) is 25.1 Å². The van der Waals surface area contributed by atoms with Gasteiger partial charge in [0.05, 0.1) is 23.8 Å². The van der Waals surface area contributed by atoms with Gasteiger partial charge in [-0.05, 0) is 36.8 Å². The summed E-state index contributed by atoms with van der Waals surface area (Å²) in [5, 5.41) is 0. The molecule has 2 aromatic carbocycles. The number of hydrogen-bond acceptors (Lipinski definition) is 3. The number of aromatic nitrogens is 2. The Hall–Kier alpha value is -2.56. The lowest BCUT2D eigenvalue weighted by Crippen LogP contribution is -2.03. The minimum absolute atomic E-state index is 0.300. The average Bonchev–Trinajstić information content (AvgIpc) is 2.73. The molecule has 3 rings (SSSR count). The van der Waals surface area contributed by atoms with E-state index in [9.17, 15) is 4.39 Å². The Morgan fingerprint density at radius 2 is 2.00 bits per heavy atom. The molecule has 0 amide bonds. The predicted molar refractivity (Wildman–Crippen MR) is 76.7 cm³/mol. The van der Waals surface area contributed by atoms with Crippen molar-refractivity contribution >= 4 is 17.0 Å². The van der Waals surface area contributed by atoms with Crippen LogP contribution in [0.15, 0.2) is 36.4 Å². The van der Waals surface area contributed by atoms with Crippen LogP contribution in [0.25, 0.3) is 16.7 Å². The summed E-state index contributed by atoms with van der Waals surface area (Å²) in [5.41, 5.74) is 9.11. The molecule has 102 valence electrons. The smallest absolute Gasteiger partial charge is 0.206 e. The van der Waals surface area contributed by atoms with Crippen molar-refractivity contribution in [3.63, 3.8) is 0 Å². The third kappa shape index (κ3) is 1.87. The quantitative estimate of drug-likeness (QED) is 0.779. The first kappa shape index (κ1) is 12.5. The van der Waals surface area contributed by atoms with E-state index in [1.165, 1.54) is 12.1 Å². The van der Waals surface area contributed by atoms with Gasteiger partial charge in [0.15, 0.2) is 0 Å². The minimum atomic E-state index is -0.335. The number of nitrogens with two attached hydrogens (primary N) is 1. The summed E-state index contributed by atoms with van der Waals surface area (Å²) in [7, 11) is 1.60. The Kier molecular flexibility index (Phi) is 2.82. The van der Waals surface area contributed by atoms with Crippen molar-refractivity contribution in [3.8, 4) is 11.4 Å². The predicted octanol–water partition coefficient (Wildman–Crippen LogP) is 3.06. The maximum Gasteiger partial charge on any atom is 0.206 e. The van der Waals surface area contributed by atoms with Crippen molar-refractivity contribution in [1.82, 2.24) is 9.55 Å². The average molecular weight is 271 g/mol. The van der Waals surface area contributed by atoms with Crippen LogP contribution in [0.1, 0.15) is 5.56 Å². The first-order valence-electron chi connectivity index (χ1n) is 6.18. The van der Waals surface area contributed by atoms with Crippen LogP contribution in [0.5, 0.6) is 5.75 Å². The molecule has 0 aliphatic carbocycles. The topological polar surface area (TPSA) is 53.1 Å². The number of hydrogen-bond donors (Lipinski definition) is 1. The number of benzene rings is 2.